The van der Waals surface area contributed by atoms with E-state index in [-0.39, 0.29) is 23.7 Å². The molecular formula is C13H24CuN6OS2. The van der Waals surface area contributed by atoms with Gasteiger partial charge in [0, 0.05) is 19.7 Å². The number of unbranched alkanes of at least 4 members (excludes halogenated alkanes) is 1. The van der Waals surface area contributed by atoms with Gasteiger partial charge in [0.15, 0.2) is 0 Å². The van der Waals surface area contributed by atoms with Gasteiger partial charge in [-0.1, -0.05) is 0 Å². The van der Waals surface area contributed by atoms with Crippen LogP contribution in [0.25, 0.3) is 0 Å². The molecule has 23 heavy (non-hydrogen) atoms. The molecule has 0 aliphatic heterocycles. The Bertz CT molecular complexity index is 440. The predicted molar refractivity (Wildman–Crippen MR) is 98.4 cm³/mol. The van der Waals surface area contributed by atoms with Crippen LogP contribution >= 0.6 is 0 Å². The summed E-state index contributed by atoms with van der Waals surface area (Å²) in [6, 6.07) is 0. The predicted octanol–water partition coefficient (Wildman–Crippen LogP) is 0.903. The van der Waals surface area contributed by atoms with E-state index >= 15 is 0 Å². The van der Waals surface area contributed by atoms with Crippen LogP contribution in [0.2, 0.25) is 0 Å². The van der Waals surface area contributed by atoms with Crippen molar-refractivity contribution < 1.29 is 22.2 Å². The van der Waals surface area contributed by atoms with E-state index in [1.807, 2.05) is 20.8 Å². The molecule has 0 aliphatic rings. The molecule has 7 nitrogen and oxygen atoms in total. The Labute approximate surface area is 159 Å². The van der Waals surface area contributed by atoms with Gasteiger partial charge in [0.05, 0.1) is 11.4 Å². The van der Waals surface area contributed by atoms with Crippen molar-refractivity contribution in [1.29, 1.82) is 0 Å². The van der Waals surface area contributed by atoms with Gasteiger partial charge < -0.3 is 30.4 Å². The minimum absolute atomic E-state index is 0. The third-order valence-corrected chi connectivity index (χ3v) is 2.89. The molecular weight excluding hydrogens is 384 g/mol. The zero-order valence-corrected chi connectivity index (χ0v) is 16.2. The molecule has 0 aromatic heterocycles. The Morgan fingerprint density at radius 2 is 1.48 bits per heavy atom. The second kappa shape index (κ2) is 16.1. The van der Waals surface area contributed by atoms with Crippen molar-refractivity contribution in [2.24, 2.45) is 20.2 Å². The molecule has 0 unspecified atom stereocenters. The second-order valence-electron chi connectivity index (χ2n) is 4.22. The Balaban J connectivity index is 0. The number of hydrazone groups is 2. The molecule has 0 bridgehead atoms. The fraction of sp³-hybridized carbons (Fsp3) is 0.692. The quantitative estimate of drug-likeness (QED) is 0.132. The number of aliphatic hydroxyl groups excluding tert-OH is 1. The molecule has 0 amide bonds. The van der Waals surface area contributed by atoms with E-state index in [2.05, 4.69) is 31.0 Å². The van der Waals surface area contributed by atoms with Crippen molar-refractivity contribution in [3.8, 4) is 0 Å². The molecule has 0 aromatic carbocycles. The average molecular weight is 408 g/mol. The van der Waals surface area contributed by atoms with Crippen LogP contribution in [0.3, 0.4) is 0 Å². The van der Waals surface area contributed by atoms with E-state index in [0.717, 1.165) is 12.1 Å². The molecule has 135 valence electrons. The molecule has 0 aliphatic carbocycles. The smallest absolute Gasteiger partial charge is 0.741 e. The summed E-state index contributed by atoms with van der Waals surface area (Å²) in [7, 11) is 0. The summed E-state index contributed by atoms with van der Waals surface area (Å²) in [6.07, 6.45) is 2.16. The Morgan fingerprint density at radius 3 is 1.96 bits per heavy atom. The summed E-state index contributed by atoms with van der Waals surface area (Å²) in [4.78, 5) is 8.05. The van der Waals surface area contributed by atoms with Gasteiger partial charge in [-0.3, -0.25) is 20.8 Å². The van der Waals surface area contributed by atoms with Crippen LogP contribution < -0.4 is 10.9 Å². The number of rotatable bonds is 9. The van der Waals surface area contributed by atoms with E-state index < -0.39 is 0 Å². The summed E-state index contributed by atoms with van der Waals surface area (Å²) >= 11 is 10.0. The topological polar surface area (TPSA) is 93.7 Å². The zero-order valence-electron chi connectivity index (χ0n) is 13.6. The Hall–Kier alpha value is -0.801. The Morgan fingerprint density at radius 1 is 0.957 bits per heavy atom. The first-order chi connectivity index (χ1) is 10.5. The Kier molecular flexibility index (Phi) is 17.1. The number of aliphatic imine (C=N–C) groups is 2. The maximum Gasteiger partial charge on any atom is 2.00 e. The maximum atomic E-state index is 8.88. The van der Waals surface area contributed by atoms with Gasteiger partial charge >= 0.3 is 17.1 Å². The van der Waals surface area contributed by atoms with Crippen molar-refractivity contribution in [3.63, 3.8) is 0 Å². The average Bonchev–Trinajstić information content (AvgIpc) is 2.49. The second-order valence-corrected chi connectivity index (χ2v) is 4.99. The third kappa shape index (κ3) is 13.3. The van der Waals surface area contributed by atoms with Gasteiger partial charge in [-0.25, -0.2) is 0 Å². The molecule has 0 rings (SSSR count). The zero-order chi connectivity index (χ0) is 16.8. The van der Waals surface area contributed by atoms with E-state index in [1.54, 1.807) is 0 Å². The molecule has 0 aromatic rings. The summed E-state index contributed by atoms with van der Waals surface area (Å²) < 4.78 is 0. The van der Waals surface area contributed by atoms with Gasteiger partial charge in [0.2, 0.25) is 0 Å². The van der Waals surface area contributed by atoms with Crippen LogP contribution in [-0.4, -0.2) is 46.6 Å². The van der Waals surface area contributed by atoms with Gasteiger partial charge in [-0.15, -0.1) is 0 Å². The molecule has 0 spiro atoms. The first-order valence-corrected chi connectivity index (χ1v) is 8.03. The van der Waals surface area contributed by atoms with Gasteiger partial charge in [0.1, 0.15) is 0 Å². The van der Waals surface area contributed by atoms with E-state index in [0.29, 0.717) is 42.0 Å². The molecule has 0 heterocycles. The van der Waals surface area contributed by atoms with Crippen LogP contribution in [0.5, 0.6) is 0 Å². The number of hydrogen-bond acceptors (Lipinski definition) is 7. The minimum atomic E-state index is 0. The van der Waals surface area contributed by atoms with E-state index in [9.17, 15) is 0 Å². The number of nitrogens with one attached hydrogen (secondary N) is 2. The number of hydrogen-bond donors (Lipinski definition) is 3. The van der Waals surface area contributed by atoms with Gasteiger partial charge in [-0.05, 0) is 50.4 Å². The molecule has 10 heteroatoms. The van der Waals surface area contributed by atoms with E-state index in [1.165, 1.54) is 0 Å². The minimum Gasteiger partial charge on any atom is -0.741 e. The number of nitrogens with zero attached hydrogens (tertiary/aromatic N) is 4. The first kappa shape index (κ1) is 24.5. The molecule has 3 N–H and O–H groups in total. The molecule has 1 radical (unpaired) electrons. The van der Waals surface area contributed by atoms with Crippen molar-refractivity contribution in [3.05, 3.63) is 0 Å². The number of aliphatic hydroxyl groups is 1. The van der Waals surface area contributed by atoms with Crippen LogP contribution in [0, 0.1) is 0 Å². The normalized spacial score (nSPS) is 13.6. The van der Waals surface area contributed by atoms with Crippen molar-refractivity contribution in [2.45, 2.75) is 40.0 Å². The SMILES string of the molecule is CCN=C([S-])N/N=C(C)/C(CCCCO)=N/NC([S-])=NCC.[Cu+2]. The van der Waals surface area contributed by atoms with Crippen molar-refractivity contribution >= 4 is 47.0 Å². The first-order valence-electron chi connectivity index (χ1n) is 7.22. The molecule has 0 atom stereocenters. The maximum absolute atomic E-state index is 8.88. The molecule has 0 fully saturated rings. The summed E-state index contributed by atoms with van der Waals surface area (Å²) in [5.41, 5.74) is 6.84. The fourth-order valence-corrected chi connectivity index (χ4v) is 1.74. The van der Waals surface area contributed by atoms with Gasteiger partial charge in [0.25, 0.3) is 0 Å². The van der Waals surface area contributed by atoms with Crippen molar-refractivity contribution in [2.75, 3.05) is 19.7 Å². The molecule has 0 saturated heterocycles. The summed E-state index contributed by atoms with van der Waals surface area (Å²) in [5.74, 6) is 0. The van der Waals surface area contributed by atoms with Crippen LogP contribution in [0.4, 0.5) is 0 Å². The summed E-state index contributed by atoms with van der Waals surface area (Å²) in [6.45, 7) is 6.97. The number of amidine groups is 2. The monoisotopic (exact) mass is 407 g/mol. The summed E-state index contributed by atoms with van der Waals surface area (Å²) in [5, 5.41) is 18.0. The van der Waals surface area contributed by atoms with E-state index in [4.69, 9.17) is 30.4 Å². The molecule has 0 saturated carbocycles. The van der Waals surface area contributed by atoms with Crippen LogP contribution in [0.15, 0.2) is 20.2 Å². The standard InChI is InChI=1S/C13H26N6OS2.Cu/c1-4-14-12(21)18-16-10(3)11(8-6-7-9-20)17-19-13(22)15-5-2;/h20H,4-9H2,1-3H3,(H2,14,18,21)(H2,15,19,22);/q;+2/p-2/b16-10+,17-11+;. The van der Waals surface area contributed by atoms with Gasteiger partial charge in [-0.2, -0.15) is 10.2 Å². The third-order valence-electron chi connectivity index (χ3n) is 2.45. The fourth-order valence-electron chi connectivity index (χ4n) is 1.39. The van der Waals surface area contributed by atoms with Crippen molar-refractivity contribution in [1.82, 2.24) is 10.9 Å². The van der Waals surface area contributed by atoms with Crippen LogP contribution in [-0.2, 0) is 42.3 Å². The van der Waals surface area contributed by atoms with Crippen LogP contribution in [0.1, 0.15) is 40.0 Å². The largest absolute Gasteiger partial charge is 2.00 e.